The summed E-state index contributed by atoms with van der Waals surface area (Å²) in [7, 11) is 1.57. The van der Waals surface area contributed by atoms with Gasteiger partial charge in [-0.2, -0.15) is 0 Å². The maximum Gasteiger partial charge on any atom is 0.262 e. The zero-order valence-corrected chi connectivity index (χ0v) is 17.9. The molecule has 1 aromatic heterocycles. The normalized spacial score (nSPS) is 12.3. The molecule has 0 aliphatic heterocycles. The smallest absolute Gasteiger partial charge is 0.262 e. The van der Waals surface area contributed by atoms with Crippen molar-refractivity contribution in [3.8, 4) is 0 Å². The SMILES string of the molecule is CCOCCCNC(=O)C(C)Sc1nc2cc(Cl)ccc2c(=O)n1CCOC. The summed E-state index contributed by atoms with van der Waals surface area (Å²) in [5.41, 5.74) is 0.337. The Balaban J connectivity index is 2.19. The topological polar surface area (TPSA) is 82.5 Å². The second-order valence-electron chi connectivity index (χ2n) is 6.11. The van der Waals surface area contributed by atoms with Crippen molar-refractivity contribution in [3.05, 3.63) is 33.6 Å². The van der Waals surface area contributed by atoms with E-state index in [0.29, 0.717) is 54.0 Å². The molecule has 0 fully saturated rings. The summed E-state index contributed by atoms with van der Waals surface area (Å²) in [6, 6.07) is 4.99. The average molecular weight is 428 g/mol. The minimum Gasteiger partial charge on any atom is -0.383 e. The van der Waals surface area contributed by atoms with Crippen LogP contribution in [0.15, 0.2) is 28.2 Å². The molecule has 1 unspecified atom stereocenters. The number of amides is 1. The van der Waals surface area contributed by atoms with Crippen molar-refractivity contribution < 1.29 is 14.3 Å². The summed E-state index contributed by atoms with van der Waals surface area (Å²) >= 11 is 7.29. The standard InChI is InChI=1S/C19H26ClN3O4S/c1-4-27-10-5-8-21-17(24)13(2)28-19-22-16-12-14(20)6-7-15(16)18(25)23(19)9-11-26-3/h6-7,12-13H,4-5,8-11H2,1-3H3,(H,21,24). The van der Waals surface area contributed by atoms with Gasteiger partial charge in [0.2, 0.25) is 5.91 Å². The largest absolute Gasteiger partial charge is 0.383 e. The second kappa shape index (κ2) is 11.4. The van der Waals surface area contributed by atoms with Crippen LogP contribution in [0.5, 0.6) is 0 Å². The van der Waals surface area contributed by atoms with Crippen molar-refractivity contribution in [1.82, 2.24) is 14.9 Å². The molecule has 0 bridgehead atoms. The number of ether oxygens (including phenoxy) is 2. The lowest BCUT2D eigenvalue weighted by Gasteiger charge is -2.16. The maximum atomic E-state index is 12.9. The van der Waals surface area contributed by atoms with Crippen molar-refractivity contribution in [2.75, 3.05) is 33.5 Å². The molecule has 0 saturated carbocycles. The molecule has 9 heteroatoms. The van der Waals surface area contributed by atoms with Gasteiger partial charge in [0.1, 0.15) is 0 Å². The molecule has 1 aromatic carbocycles. The summed E-state index contributed by atoms with van der Waals surface area (Å²) in [6.07, 6.45) is 0.752. The molecule has 0 saturated heterocycles. The monoisotopic (exact) mass is 427 g/mol. The van der Waals surface area contributed by atoms with Crippen LogP contribution in [-0.2, 0) is 20.8 Å². The lowest BCUT2D eigenvalue weighted by atomic mass is 10.2. The van der Waals surface area contributed by atoms with E-state index in [4.69, 9.17) is 21.1 Å². The van der Waals surface area contributed by atoms with E-state index in [9.17, 15) is 9.59 Å². The van der Waals surface area contributed by atoms with E-state index in [1.807, 2.05) is 6.92 Å². The van der Waals surface area contributed by atoms with Gasteiger partial charge < -0.3 is 14.8 Å². The molecule has 1 amide bonds. The number of hydrogen-bond donors (Lipinski definition) is 1. The van der Waals surface area contributed by atoms with Crippen LogP contribution in [0, 0.1) is 0 Å². The fourth-order valence-electron chi connectivity index (χ4n) is 2.53. The third-order valence-corrected chi connectivity index (χ3v) is 5.35. The van der Waals surface area contributed by atoms with Crippen LogP contribution in [0.1, 0.15) is 20.3 Å². The van der Waals surface area contributed by atoms with E-state index in [0.717, 1.165) is 6.42 Å². The Morgan fingerprint density at radius 1 is 1.39 bits per heavy atom. The molecule has 2 rings (SSSR count). The molecule has 1 N–H and O–H groups in total. The van der Waals surface area contributed by atoms with Crippen molar-refractivity contribution in [2.45, 2.75) is 37.2 Å². The van der Waals surface area contributed by atoms with Crippen molar-refractivity contribution in [1.29, 1.82) is 0 Å². The first-order valence-electron chi connectivity index (χ1n) is 9.19. The van der Waals surface area contributed by atoms with Crippen LogP contribution >= 0.6 is 23.4 Å². The molecule has 0 spiro atoms. The van der Waals surface area contributed by atoms with Crippen molar-refractivity contribution in [2.24, 2.45) is 0 Å². The van der Waals surface area contributed by atoms with Gasteiger partial charge in [0.15, 0.2) is 5.16 Å². The molecular formula is C19H26ClN3O4S. The number of halogens is 1. The second-order valence-corrected chi connectivity index (χ2v) is 7.85. The van der Waals surface area contributed by atoms with Crippen LogP contribution in [-0.4, -0.2) is 54.2 Å². The molecule has 0 aliphatic rings. The van der Waals surface area contributed by atoms with Gasteiger partial charge in [0.05, 0.1) is 29.3 Å². The first kappa shape index (κ1) is 22.7. The van der Waals surface area contributed by atoms with E-state index in [1.165, 1.54) is 11.8 Å². The summed E-state index contributed by atoms with van der Waals surface area (Å²) in [6.45, 7) is 6.26. The van der Waals surface area contributed by atoms with Gasteiger partial charge in [-0.25, -0.2) is 4.98 Å². The van der Waals surface area contributed by atoms with Gasteiger partial charge in [-0.3, -0.25) is 14.2 Å². The van der Waals surface area contributed by atoms with E-state index in [-0.39, 0.29) is 11.5 Å². The Labute approximate surface area is 173 Å². The van der Waals surface area contributed by atoms with E-state index in [2.05, 4.69) is 10.3 Å². The van der Waals surface area contributed by atoms with Crippen LogP contribution in [0.2, 0.25) is 5.02 Å². The average Bonchev–Trinajstić information content (AvgIpc) is 2.67. The molecule has 28 heavy (non-hydrogen) atoms. The van der Waals surface area contributed by atoms with Gasteiger partial charge in [-0.1, -0.05) is 23.4 Å². The number of carbonyl (C=O) groups is 1. The van der Waals surface area contributed by atoms with Gasteiger partial charge in [0, 0.05) is 31.9 Å². The highest BCUT2D eigenvalue weighted by atomic mass is 35.5. The van der Waals surface area contributed by atoms with E-state index >= 15 is 0 Å². The highest BCUT2D eigenvalue weighted by Crippen LogP contribution is 2.24. The Hall–Kier alpha value is -1.61. The van der Waals surface area contributed by atoms with Gasteiger partial charge >= 0.3 is 0 Å². The Morgan fingerprint density at radius 2 is 2.18 bits per heavy atom. The minimum absolute atomic E-state index is 0.111. The van der Waals surface area contributed by atoms with Crippen LogP contribution < -0.4 is 10.9 Å². The number of aromatic nitrogens is 2. The number of rotatable bonds is 11. The number of carbonyl (C=O) groups excluding carboxylic acids is 1. The molecule has 154 valence electrons. The van der Waals surface area contributed by atoms with Gasteiger partial charge in [0.25, 0.3) is 5.56 Å². The number of methoxy groups -OCH3 is 1. The third-order valence-electron chi connectivity index (χ3n) is 4.02. The number of fused-ring (bicyclic) bond motifs is 1. The van der Waals surface area contributed by atoms with Crippen LogP contribution in [0.3, 0.4) is 0 Å². The summed E-state index contributed by atoms with van der Waals surface area (Å²) in [5.74, 6) is -0.111. The fraction of sp³-hybridized carbons (Fsp3) is 0.526. The Bertz CT molecular complexity index is 859. The maximum absolute atomic E-state index is 12.9. The zero-order valence-electron chi connectivity index (χ0n) is 16.4. The number of thioether (sulfide) groups is 1. The van der Waals surface area contributed by atoms with Crippen LogP contribution in [0.25, 0.3) is 10.9 Å². The Morgan fingerprint density at radius 3 is 2.89 bits per heavy atom. The predicted molar refractivity (Wildman–Crippen MR) is 112 cm³/mol. The lowest BCUT2D eigenvalue weighted by molar-refractivity contribution is -0.120. The van der Waals surface area contributed by atoms with Crippen LogP contribution in [0.4, 0.5) is 0 Å². The molecule has 1 atom stereocenters. The Kier molecular flexibility index (Phi) is 9.24. The lowest BCUT2D eigenvalue weighted by Crippen LogP contribution is -2.33. The van der Waals surface area contributed by atoms with Crippen molar-refractivity contribution >= 4 is 40.2 Å². The van der Waals surface area contributed by atoms with E-state index < -0.39 is 5.25 Å². The number of hydrogen-bond acceptors (Lipinski definition) is 6. The summed E-state index contributed by atoms with van der Waals surface area (Å²) < 4.78 is 11.9. The first-order chi connectivity index (χ1) is 13.5. The quantitative estimate of drug-likeness (QED) is 0.337. The molecule has 0 aliphatic carbocycles. The number of nitrogens with one attached hydrogen (secondary N) is 1. The number of nitrogens with zero attached hydrogens (tertiary/aromatic N) is 2. The third kappa shape index (κ3) is 6.20. The highest BCUT2D eigenvalue weighted by molar-refractivity contribution is 8.00. The fourth-order valence-corrected chi connectivity index (χ4v) is 3.65. The highest BCUT2D eigenvalue weighted by Gasteiger charge is 2.19. The summed E-state index contributed by atoms with van der Waals surface area (Å²) in [4.78, 5) is 29.8. The van der Waals surface area contributed by atoms with Crippen molar-refractivity contribution in [3.63, 3.8) is 0 Å². The number of benzene rings is 1. The molecule has 0 radical (unpaired) electrons. The zero-order chi connectivity index (χ0) is 20.5. The summed E-state index contributed by atoms with van der Waals surface area (Å²) in [5, 5.41) is 3.93. The predicted octanol–water partition coefficient (Wildman–Crippen LogP) is 2.72. The first-order valence-corrected chi connectivity index (χ1v) is 10.4. The molecule has 7 nitrogen and oxygen atoms in total. The van der Waals surface area contributed by atoms with E-state index in [1.54, 1.807) is 36.8 Å². The molecule has 1 heterocycles. The molecular weight excluding hydrogens is 402 g/mol. The molecule has 2 aromatic rings. The van der Waals surface area contributed by atoms with Gasteiger partial charge in [-0.05, 0) is 38.5 Å². The van der Waals surface area contributed by atoms with Gasteiger partial charge in [-0.15, -0.1) is 0 Å². The minimum atomic E-state index is -0.413.